The van der Waals surface area contributed by atoms with Crippen LogP contribution in [-0.2, 0) is 6.42 Å². The van der Waals surface area contributed by atoms with Crippen molar-refractivity contribution in [2.24, 2.45) is 0 Å². The van der Waals surface area contributed by atoms with Gasteiger partial charge in [-0.1, -0.05) is 6.07 Å². The molecule has 1 N–H and O–H groups in total. The van der Waals surface area contributed by atoms with Crippen LogP contribution in [0.1, 0.15) is 31.0 Å². The van der Waals surface area contributed by atoms with Gasteiger partial charge in [0.25, 0.3) is 0 Å². The van der Waals surface area contributed by atoms with E-state index in [0.717, 1.165) is 16.6 Å². The molecule has 2 nitrogen and oxygen atoms in total. The molecular weight excluding hydrogens is 334 g/mol. The molecule has 0 aliphatic heterocycles. The normalized spacial score (nSPS) is 14.0. The lowest BCUT2D eigenvalue weighted by Gasteiger charge is -2.20. The second kappa shape index (κ2) is 7.25. The highest BCUT2D eigenvalue weighted by atomic mass is 79.9. The molecule has 1 aromatic carbocycles. The number of methoxy groups -OCH3 is 1. The maximum Gasteiger partial charge on any atom is 0.133 e. The van der Waals surface area contributed by atoms with E-state index in [1.807, 2.05) is 6.07 Å². The maximum absolute atomic E-state index is 5.26. The lowest BCUT2D eigenvalue weighted by molar-refractivity contribution is 0.411. The summed E-state index contributed by atoms with van der Waals surface area (Å²) in [6.07, 6.45) is 1.06. The number of hydrogen-bond donors (Lipinski definition) is 1. The number of rotatable bonds is 6. The molecule has 0 fully saturated rings. The zero-order chi connectivity index (χ0) is 14.5. The van der Waals surface area contributed by atoms with Gasteiger partial charge in [-0.3, -0.25) is 0 Å². The van der Waals surface area contributed by atoms with Crippen molar-refractivity contribution >= 4 is 27.3 Å². The van der Waals surface area contributed by atoms with Crippen molar-refractivity contribution in [3.8, 4) is 5.75 Å². The van der Waals surface area contributed by atoms with E-state index in [4.69, 9.17) is 4.74 Å². The van der Waals surface area contributed by atoms with E-state index in [1.54, 1.807) is 18.4 Å². The second-order valence-electron chi connectivity index (χ2n) is 5.02. The predicted molar refractivity (Wildman–Crippen MR) is 89.7 cm³/mol. The van der Waals surface area contributed by atoms with Gasteiger partial charge in [0.05, 0.1) is 11.6 Å². The average molecular weight is 354 g/mol. The van der Waals surface area contributed by atoms with Crippen molar-refractivity contribution < 1.29 is 4.74 Å². The van der Waals surface area contributed by atoms with E-state index in [-0.39, 0.29) is 0 Å². The Bertz CT molecular complexity index is 541. The van der Waals surface area contributed by atoms with Crippen molar-refractivity contribution in [2.45, 2.75) is 32.4 Å². The summed E-state index contributed by atoms with van der Waals surface area (Å²) in [6.45, 7) is 4.42. The largest absolute Gasteiger partial charge is 0.496 e. The highest BCUT2D eigenvalue weighted by molar-refractivity contribution is 9.10. The van der Waals surface area contributed by atoms with Crippen molar-refractivity contribution in [3.63, 3.8) is 0 Å². The van der Waals surface area contributed by atoms with Gasteiger partial charge in [-0.05, 0) is 76.3 Å². The summed E-state index contributed by atoms with van der Waals surface area (Å²) in [7, 11) is 1.68. The van der Waals surface area contributed by atoms with Gasteiger partial charge in [-0.2, -0.15) is 11.3 Å². The minimum absolute atomic E-state index is 0.311. The molecule has 2 rings (SSSR count). The summed E-state index contributed by atoms with van der Waals surface area (Å²) < 4.78 is 6.26. The molecule has 0 bridgehead atoms. The van der Waals surface area contributed by atoms with E-state index in [1.165, 1.54) is 11.1 Å². The van der Waals surface area contributed by atoms with Crippen LogP contribution in [0.3, 0.4) is 0 Å². The summed E-state index contributed by atoms with van der Waals surface area (Å²) in [6, 6.07) is 9.18. The summed E-state index contributed by atoms with van der Waals surface area (Å²) in [5, 5.41) is 7.99. The van der Waals surface area contributed by atoms with Crippen LogP contribution in [0, 0.1) is 0 Å². The van der Waals surface area contributed by atoms with E-state index in [9.17, 15) is 0 Å². The summed E-state index contributed by atoms with van der Waals surface area (Å²) >= 11 is 5.29. The van der Waals surface area contributed by atoms with Gasteiger partial charge in [-0.15, -0.1) is 0 Å². The Kier molecular flexibility index (Phi) is 5.64. The lowest BCUT2D eigenvalue weighted by Crippen LogP contribution is -2.30. The molecule has 0 saturated carbocycles. The van der Waals surface area contributed by atoms with Gasteiger partial charge in [-0.25, -0.2) is 0 Å². The molecule has 4 heteroatoms. The lowest BCUT2D eigenvalue weighted by atomic mass is 10.1. The van der Waals surface area contributed by atoms with Crippen molar-refractivity contribution in [3.05, 3.63) is 50.6 Å². The molecule has 0 radical (unpaired) electrons. The number of halogens is 1. The molecule has 108 valence electrons. The molecule has 1 aromatic heterocycles. The van der Waals surface area contributed by atoms with Gasteiger partial charge < -0.3 is 10.1 Å². The Balaban J connectivity index is 1.97. The molecule has 20 heavy (non-hydrogen) atoms. The molecule has 2 unspecified atom stereocenters. The Morgan fingerprint density at radius 2 is 2.10 bits per heavy atom. The minimum Gasteiger partial charge on any atom is -0.496 e. The molecule has 2 atom stereocenters. The zero-order valence-corrected chi connectivity index (χ0v) is 14.4. The average Bonchev–Trinajstić information content (AvgIpc) is 2.91. The Hall–Kier alpha value is -0.840. The quantitative estimate of drug-likeness (QED) is 0.805. The molecule has 1 heterocycles. The first kappa shape index (κ1) is 15.5. The topological polar surface area (TPSA) is 21.3 Å². The van der Waals surface area contributed by atoms with Crippen LogP contribution < -0.4 is 10.1 Å². The molecule has 0 aliphatic carbocycles. The third-order valence-corrected chi connectivity index (χ3v) is 4.68. The maximum atomic E-state index is 5.26. The number of benzene rings is 1. The van der Waals surface area contributed by atoms with Gasteiger partial charge in [0.1, 0.15) is 5.75 Å². The third-order valence-electron chi connectivity index (χ3n) is 3.33. The fourth-order valence-corrected chi connectivity index (χ4v) is 3.54. The summed E-state index contributed by atoms with van der Waals surface area (Å²) in [4.78, 5) is 0. The monoisotopic (exact) mass is 353 g/mol. The third kappa shape index (κ3) is 4.08. The smallest absolute Gasteiger partial charge is 0.133 e. The van der Waals surface area contributed by atoms with Crippen LogP contribution in [-0.4, -0.2) is 13.2 Å². The first-order valence-electron chi connectivity index (χ1n) is 6.70. The number of nitrogens with one attached hydrogen (secondary N) is 1. The van der Waals surface area contributed by atoms with Gasteiger partial charge in [0.2, 0.25) is 0 Å². The van der Waals surface area contributed by atoms with E-state index in [0.29, 0.717) is 12.1 Å². The van der Waals surface area contributed by atoms with E-state index in [2.05, 4.69) is 64.1 Å². The first-order chi connectivity index (χ1) is 9.60. The van der Waals surface area contributed by atoms with Crippen LogP contribution in [0.4, 0.5) is 0 Å². The fourth-order valence-electron chi connectivity index (χ4n) is 2.30. The van der Waals surface area contributed by atoms with Crippen molar-refractivity contribution in [1.82, 2.24) is 5.32 Å². The van der Waals surface area contributed by atoms with Crippen LogP contribution in [0.2, 0.25) is 0 Å². The fraction of sp³-hybridized carbons (Fsp3) is 0.375. The van der Waals surface area contributed by atoms with E-state index < -0.39 is 0 Å². The SMILES string of the molecule is COc1ccc(C(C)NC(C)Cc2ccsc2)cc1Br. The van der Waals surface area contributed by atoms with Crippen LogP contribution in [0.25, 0.3) is 0 Å². The summed E-state index contributed by atoms with van der Waals surface area (Å²) in [5.74, 6) is 0.868. The van der Waals surface area contributed by atoms with Crippen LogP contribution >= 0.6 is 27.3 Å². The zero-order valence-electron chi connectivity index (χ0n) is 12.0. The highest BCUT2D eigenvalue weighted by Gasteiger charge is 2.12. The molecule has 0 aliphatic rings. The Labute approximate surface area is 133 Å². The van der Waals surface area contributed by atoms with Gasteiger partial charge in [0.15, 0.2) is 0 Å². The number of hydrogen-bond acceptors (Lipinski definition) is 3. The van der Waals surface area contributed by atoms with Gasteiger partial charge in [0, 0.05) is 12.1 Å². The molecule has 0 saturated heterocycles. The van der Waals surface area contributed by atoms with Crippen molar-refractivity contribution in [2.75, 3.05) is 7.11 Å². The Morgan fingerprint density at radius 1 is 1.30 bits per heavy atom. The first-order valence-corrected chi connectivity index (χ1v) is 8.44. The molecule has 2 aromatic rings. The van der Waals surface area contributed by atoms with Crippen molar-refractivity contribution in [1.29, 1.82) is 0 Å². The van der Waals surface area contributed by atoms with Crippen LogP contribution in [0.15, 0.2) is 39.5 Å². The molecular formula is C16H20BrNOS. The van der Waals surface area contributed by atoms with Crippen LogP contribution in [0.5, 0.6) is 5.75 Å². The Morgan fingerprint density at radius 3 is 2.70 bits per heavy atom. The number of ether oxygens (including phenoxy) is 1. The highest BCUT2D eigenvalue weighted by Crippen LogP contribution is 2.28. The standard InChI is InChI=1S/C16H20BrNOS/c1-11(8-13-6-7-20-10-13)18-12(2)14-4-5-16(19-3)15(17)9-14/h4-7,9-12,18H,8H2,1-3H3. The van der Waals surface area contributed by atoms with E-state index >= 15 is 0 Å². The number of thiophene rings is 1. The molecule has 0 spiro atoms. The molecule has 0 amide bonds. The predicted octanol–water partition coefficient (Wildman–Crippen LogP) is 4.80. The minimum atomic E-state index is 0.311. The second-order valence-corrected chi connectivity index (χ2v) is 6.65. The summed E-state index contributed by atoms with van der Waals surface area (Å²) in [5.41, 5.74) is 2.66. The van der Waals surface area contributed by atoms with Gasteiger partial charge >= 0.3 is 0 Å².